The molecule has 2 aromatic rings. The number of nitrogens with one attached hydrogen (secondary N) is 1. The summed E-state index contributed by atoms with van der Waals surface area (Å²) in [5, 5.41) is 3.40. The molecule has 0 unspecified atom stereocenters. The molecule has 9 heteroatoms. The highest BCUT2D eigenvalue weighted by atomic mass is 79.9. The number of rotatable bonds is 9. The first-order chi connectivity index (χ1) is 19.2. The van der Waals surface area contributed by atoms with Crippen LogP contribution in [0.4, 0.5) is 0 Å². The van der Waals surface area contributed by atoms with Crippen molar-refractivity contribution >= 4 is 27.7 Å². The molecule has 40 heavy (non-hydrogen) atoms. The van der Waals surface area contributed by atoms with Gasteiger partial charge < -0.3 is 29.0 Å². The van der Waals surface area contributed by atoms with Crippen LogP contribution in [0.15, 0.2) is 57.3 Å². The molecule has 1 heterocycles. The fourth-order valence-corrected chi connectivity index (χ4v) is 5.94. The lowest BCUT2D eigenvalue weighted by Gasteiger charge is -2.37. The van der Waals surface area contributed by atoms with Crippen LogP contribution in [0.5, 0.6) is 23.0 Å². The maximum atomic E-state index is 14.0. The Hall–Kier alpha value is -3.46. The Morgan fingerprint density at radius 2 is 1.60 bits per heavy atom. The van der Waals surface area contributed by atoms with E-state index in [2.05, 4.69) is 21.2 Å². The Morgan fingerprint density at radius 1 is 0.975 bits per heavy atom. The van der Waals surface area contributed by atoms with E-state index in [0.717, 1.165) is 16.8 Å². The fraction of sp³-hybridized carbons (Fsp3) is 0.419. The number of carbonyl (C=O) groups is 2. The zero-order valence-corrected chi connectivity index (χ0v) is 25.6. The largest absolute Gasteiger partial charge is 0.493 e. The molecule has 0 saturated carbocycles. The summed E-state index contributed by atoms with van der Waals surface area (Å²) < 4.78 is 28.4. The second kappa shape index (κ2) is 12.4. The Bertz CT molecular complexity index is 1380. The van der Waals surface area contributed by atoms with Crippen LogP contribution < -0.4 is 24.3 Å². The molecule has 0 fully saturated rings. The predicted octanol–water partition coefficient (Wildman–Crippen LogP) is 6.19. The monoisotopic (exact) mass is 613 g/mol. The van der Waals surface area contributed by atoms with Crippen molar-refractivity contribution in [2.75, 3.05) is 28.4 Å². The lowest BCUT2D eigenvalue weighted by Crippen LogP contribution is -2.36. The van der Waals surface area contributed by atoms with Gasteiger partial charge in [-0.2, -0.15) is 0 Å². The van der Waals surface area contributed by atoms with Gasteiger partial charge in [0.1, 0.15) is 0 Å². The molecule has 0 spiro atoms. The summed E-state index contributed by atoms with van der Waals surface area (Å²) in [5.41, 5.74) is 4.11. The topological polar surface area (TPSA) is 92.3 Å². The number of ether oxygens (including phenoxy) is 5. The summed E-state index contributed by atoms with van der Waals surface area (Å²) >= 11 is 3.67. The molecule has 1 aliphatic carbocycles. The molecule has 8 nitrogen and oxygen atoms in total. The number of halogens is 1. The first-order valence-corrected chi connectivity index (χ1v) is 14.0. The van der Waals surface area contributed by atoms with E-state index in [1.807, 2.05) is 45.0 Å². The highest BCUT2D eigenvalue weighted by Crippen LogP contribution is 2.49. The van der Waals surface area contributed by atoms with Crippen LogP contribution in [0.2, 0.25) is 0 Å². The van der Waals surface area contributed by atoms with Gasteiger partial charge in [-0.1, -0.05) is 28.9 Å². The van der Waals surface area contributed by atoms with Crippen molar-refractivity contribution in [2.45, 2.75) is 58.0 Å². The number of carbonyl (C=O) groups excluding carboxylic acids is 2. The van der Waals surface area contributed by atoms with Crippen molar-refractivity contribution in [1.29, 1.82) is 0 Å². The van der Waals surface area contributed by atoms with E-state index in [4.69, 9.17) is 23.7 Å². The Balaban J connectivity index is 1.84. The van der Waals surface area contributed by atoms with Gasteiger partial charge in [0, 0.05) is 33.8 Å². The molecule has 214 valence electrons. The number of Topliss-reactive ketones (excluding diaryl/α,β-unsaturated/α-hetero) is 1. The molecule has 2 aromatic carbocycles. The molecule has 3 atom stereocenters. The maximum Gasteiger partial charge on any atom is 0.337 e. The highest BCUT2D eigenvalue weighted by molar-refractivity contribution is 9.10. The van der Waals surface area contributed by atoms with Gasteiger partial charge >= 0.3 is 5.97 Å². The van der Waals surface area contributed by atoms with E-state index < -0.39 is 11.9 Å². The minimum absolute atomic E-state index is 0.0402. The van der Waals surface area contributed by atoms with Crippen LogP contribution >= 0.6 is 15.9 Å². The summed E-state index contributed by atoms with van der Waals surface area (Å²) in [4.78, 5) is 27.6. The van der Waals surface area contributed by atoms with Crippen LogP contribution in [0, 0.1) is 0 Å². The van der Waals surface area contributed by atoms with Gasteiger partial charge in [-0.3, -0.25) is 4.79 Å². The van der Waals surface area contributed by atoms with E-state index in [-0.39, 0.29) is 24.2 Å². The van der Waals surface area contributed by atoms with Crippen LogP contribution in [-0.2, 0) is 14.3 Å². The molecule has 0 bridgehead atoms. The summed E-state index contributed by atoms with van der Waals surface area (Å²) in [6.45, 7) is 5.67. The molecule has 4 rings (SSSR count). The number of hydrogen-bond donors (Lipinski definition) is 1. The van der Waals surface area contributed by atoms with Gasteiger partial charge in [-0.05, 0) is 68.0 Å². The number of ketones is 1. The Kier molecular flexibility index (Phi) is 9.13. The Labute approximate surface area is 243 Å². The van der Waals surface area contributed by atoms with Crippen molar-refractivity contribution in [3.63, 3.8) is 0 Å². The molecular formula is C31H36BrNO7. The summed E-state index contributed by atoms with van der Waals surface area (Å²) in [5.74, 6) is 1.06. The van der Waals surface area contributed by atoms with Gasteiger partial charge in [0.05, 0.1) is 40.1 Å². The first-order valence-electron chi connectivity index (χ1n) is 13.3. The molecule has 0 radical (unpaired) electrons. The van der Waals surface area contributed by atoms with Crippen molar-refractivity contribution < 1.29 is 33.3 Å². The molecule has 0 aromatic heterocycles. The SMILES string of the molecule is CC[C@H](C)OC(=O)C1=C(C)NC2=C(C(=O)C[C@H](c3ccc(OC)c(OC)c3)C2)[C@@H]1c1cc(OC)c(OC)cc1Br. The molecule has 1 N–H and O–H groups in total. The molecule has 0 saturated heterocycles. The van der Waals surface area contributed by atoms with Crippen LogP contribution in [0.25, 0.3) is 0 Å². The quantitative estimate of drug-likeness (QED) is 0.335. The fourth-order valence-electron chi connectivity index (χ4n) is 5.38. The number of methoxy groups -OCH3 is 4. The number of hydrogen-bond acceptors (Lipinski definition) is 8. The van der Waals surface area contributed by atoms with E-state index in [1.165, 1.54) is 0 Å². The molecule has 2 aliphatic rings. The Morgan fingerprint density at radius 3 is 2.23 bits per heavy atom. The lowest BCUT2D eigenvalue weighted by atomic mass is 9.71. The highest BCUT2D eigenvalue weighted by Gasteiger charge is 2.42. The number of esters is 1. The van der Waals surface area contributed by atoms with E-state index in [9.17, 15) is 9.59 Å². The van der Waals surface area contributed by atoms with Crippen molar-refractivity contribution in [2.24, 2.45) is 0 Å². The third-order valence-corrected chi connectivity index (χ3v) is 8.31. The van der Waals surface area contributed by atoms with Gasteiger partial charge in [0.25, 0.3) is 0 Å². The number of dihydropyridines is 1. The molecule has 0 amide bonds. The predicted molar refractivity (Wildman–Crippen MR) is 155 cm³/mol. The van der Waals surface area contributed by atoms with Crippen molar-refractivity contribution in [1.82, 2.24) is 5.32 Å². The minimum atomic E-state index is -0.652. The van der Waals surface area contributed by atoms with Gasteiger partial charge in [0.15, 0.2) is 28.8 Å². The van der Waals surface area contributed by atoms with Gasteiger partial charge in [0.2, 0.25) is 0 Å². The number of benzene rings is 2. The average molecular weight is 615 g/mol. The third-order valence-electron chi connectivity index (χ3n) is 7.62. The van der Waals surface area contributed by atoms with Crippen molar-refractivity contribution in [3.05, 3.63) is 68.5 Å². The average Bonchev–Trinajstić information content (AvgIpc) is 2.95. The molecule has 1 aliphatic heterocycles. The first kappa shape index (κ1) is 29.5. The number of allylic oxidation sites excluding steroid dienone is 3. The second-order valence-electron chi connectivity index (χ2n) is 9.98. The standard InChI is InChI=1S/C31H36BrNO7/c1-8-16(2)40-31(35)28-17(3)33-22-11-19(18-9-10-24(36-4)25(13-18)37-5)12-23(34)30(22)29(28)20-14-26(38-6)27(39-7)15-21(20)32/h9-10,13-16,19,29,33H,8,11-12H2,1-7H3/t16-,19+,29+/m0/s1. The third kappa shape index (κ3) is 5.57. The molecular weight excluding hydrogens is 578 g/mol. The van der Waals surface area contributed by atoms with E-state index in [1.54, 1.807) is 34.5 Å². The summed E-state index contributed by atoms with van der Waals surface area (Å²) in [7, 11) is 6.31. The lowest BCUT2D eigenvalue weighted by molar-refractivity contribution is -0.144. The van der Waals surface area contributed by atoms with E-state index >= 15 is 0 Å². The van der Waals surface area contributed by atoms with Crippen molar-refractivity contribution in [3.8, 4) is 23.0 Å². The van der Waals surface area contributed by atoms with Gasteiger partial charge in [-0.15, -0.1) is 0 Å². The summed E-state index contributed by atoms with van der Waals surface area (Å²) in [6.07, 6.45) is 1.28. The smallest absolute Gasteiger partial charge is 0.337 e. The van der Waals surface area contributed by atoms with Crippen LogP contribution in [0.3, 0.4) is 0 Å². The van der Waals surface area contributed by atoms with E-state index in [0.29, 0.717) is 57.2 Å². The second-order valence-corrected chi connectivity index (χ2v) is 10.8. The minimum Gasteiger partial charge on any atom is -0.493 e. The zero-order chi connectivity index (χ0) is 29.1. The van der Waals surface area contributed by atoms with Gasteiger partial charge in [-0.25, -0.2) is 4.79 Å². The maximum absolute atomic E-state index is 14.0. The summed E-state index contributed by atoms with van der Waals surface area (Å²) in [6, 6.07) is 9.36. The van der Waals surface area contributed by atoms with Crippen LogP contribution in [0.1, 0.15) is 63.0 Å². The normalized spacial score (nSPS) is 19.4. The zero-order valence-electron chi connectivity index (χ0n) is 24.0. The van der Waals surface area contributed by atoms with Crippen LogP contribution in [-0.4, -0.2) is 46.3 Å².